The average molecular weight is 395 g/mol. The molecule has 0 radical (unpaired) electrons. The minimum atomic E-state index is -5.08. The second-order valence-electron chi connectivity index (χ2n) is 5.46. The molecule has 1 saturated heterocycles. The largest absolute Gasteiger partial charge is 0.490 e. The maximum atomic E-state index is 13.2. The zero-order valence-electron chi connectivity index (χ0n) is 13.3. The summed E-state index contributed by atoms with van der Waals surface area (Å²) in [4.78, 5) is 13.3. The molecule has 0 atom stereocenters. The van der Waals surface area contributed by atoms with Crippen molar-refractivity contribution in [1.29, 1.82) is 0 Å². The van der Waals surface area contributed by atoms with Gasteiger partial charge in [0.05, 0.1) is 10.7 Å². The highest BCUT2D eigenvalue weighted by molar-refractivity contribution is 6.30. The molecule has 0 aliphatic carbocycles. The Bertz CT molecular complexity index is 760. The number of nitrogens with zero attached hydrogens (tertiary/aromatic N) is 3. The van der Waals surface area contributed by atoms with Gasteiger partial charge in [-0.15, -0.1) is 0 Å². The zero-order valence-corrected chi connectivity index (χ0v) is 14.1. The normalized spacial score (nSPS) is 15.3. The number of hydrogen-bond acceptors (Lipinski definition) is 4. The van der Waals surface area contributed by atoms with Crippen LogP contribution in [0.15, 0.2) is 24.5 Å². The highest BCUT2D eigenvalue weighted by Gasteiger charge is 2.38. The van der Waals surface area contributed by atoms with Gasteiger partial charge >= 0.3 is 12.1 Å². The van der Waals surface area contributed by atoms with Crippen molar-refractivity contribution in [3.63, 3.8) is 0 Å². The van der Waals surface area contributed by atoms with Crippen molar-refractivity contribution >= 4 is 17.6 Å². The van der Waals surface area contributed by atoms with E-state index in [1.807, 2.05) is 0 Å². The van der Waals surface area contributed by atoms with Crippen LogP contribution in [0.3, 0.4) is 0 Å². The van der Waals surface area contributed by atoms with Crippen LogP contribution >= 0.6 is 11.6 Å². The topological polar surface area (TPSA) is 80.0 Å². The van der Waals surface area contributed by atoms with Crippen LogP contribution in [0.2, 0.25) is 5.02 Å². The summed E-state index contributed by atoms with van der Waals surface area (Å²) in [6, 6.07) is 4.60. The summed E-state index contributed by atoms with van der Waals surface area (Å²) in [5.74, 6) is -1.88. The first-order chi connectivity index (χ1) is 12.2. The van der Waals surface area contributed by atoms with Gasteiger partial charge in [0.25, 0.3) is 0 Å². The van der Waals surface area contributed by atoms with Gasteiger partial charge in [-0.3, -0.25) is 0 Å². The second-order valence-corrected chi connectivity index (χ2v) is 5.86. The SMILES string of the molecule is Fc1ccc(-n2ncnc2C2CCNCC2)cc1Cl.O=C(O)C(F)(F)F. The van der Waals surface area contributed by atoms with Crippen LogP contribution in [0.1, 0.15) is 24.6 Å². The lowest BCUT2D eigenvalue weighted by Gasteiger charge is -2.22. The Morgan fingerprint density at radius 2 is 1.92 bits per heavy atom. The second kappa shape index (κ2) is 8.45. The zero-order chi connectivity index (χ0) is 19.3. The van der Waals surface area contributed by atoms with Crippen LogP contribution in [0, 0.1) is 5.82 Å². The van der Waals surface area contributed by atoms with Gasteiger partial charge in [0, 0.05) is 5.92 Å². The number of halogens is 5. The molecule has 0 amide bonds. The van der Waals surface area contributed by atoms with Gasteiger partial charge in [-0.2, -0.15) is 18.3 Å². The standard InChI is InChI=1S/C13H14ClFN4.C2HF3O2/c14-11-7-10(1-2-12(11)15)19-13(17-8-18-19)9-3-5-16-6-4-9;3-2(4,5)1(6)7/h1-2,7-9,16H,3-6H2;(H,6,7). The molecule has 0 spiro atoms. The van der Waals surface area contributed by atoms with E-state index in [4.69, 9.17) is 21.5 Å². The van der Waals surface area contributed by atoms with Crippen molar-refractivity contribution in [3.8, 4) is 5.69 Å². The molecule has 6 nitrogen and oxygen atoms in total. The molecule has 2 aromatic rings. The molecule has 11 heteroatoms. The lowest BCUT2D eigenvalue weighted by atomic mass is 9.97. The molecule has 3 rings (SSSR count). The molecule has 1 aromatic heterocycles. The van der Waals surface area contributed by atoms with Gasteiger partial charge in [0.1, 0.15) is 18.0 Å². The summed E-state index contributed by atoms with van der Waals surface area (Å²) in [6.07, 6.45) is -1.48. The number of hydrogen-bond donors (Lipinski definition) is 2. The molecule has 0 unspecified atom stereocenters. The van der Waals surface area contributed by atoms with Crippen LogP contribution < -0.4 is 5.32 Å². The van der Waals surface area contributed by atoms with E-state index in [1.165, 1.54) is 12.4 Å². The Morgan fingerprint density at radius 3 is 2.46 bits per heavy atom. The number of benzene rings is 1. The monoisotopic (exact) mass is 394 g/mol. The Kier molecular flexibility index (Phi) is 6.54. The van der Waals surface area contributed by atoms with Crippen molar-refractivity contribution in [2.24, 2.45) is 0 Å². The molecular weight excluding hydrogens is 380 g/mol. The van der Waals surface area contributed by atoms with Crippen molar-refractivity contribution in [2.45, 2.75) is 24.9 Å². The van der Waals surface area contributed by atoms with Gasteiger partial charge in [0.2, 0.25) is 0 Å². The Balaban J connectivity index is 0.000000298. The van der Waals surface area contributed by atoms with Gasteiger partial charge in [-0.05, 0) is 44.1 Å². The van der Waals surface area contributed by atoms with E-state index in [2.05, 4.69) is 15.4 Å². The average Bonchev–Trinajstić information content (AvgIpc) is 3.07. The molecule has 1 aliphatic rings. The third-order valence-electron chi connectivity index (χ3n) is 3.67. The van der Waals surface area contributed by atoms with Crippen molar-refractivity contribution < 1.29 is 27.5 Å². The summed E-state index contributed by atoms with van der Waals surface area (Å²) in [7, 11) is 0. The number of carboxylic acid groups (broad SMARTS) is 1. The quantitative estimate of drug-likeness (QED) is 0.765. The molecule has 1 fully saturated rings. The molecule has 2 N–H and O–H groups in total. The van der Waals surface area contributed by atoms with E-state index in [0.717, 1.165) is 37.4 Å². The van der Waals surface area contributed by atoms with E-state index in [0.29, 0.717) is 5.92 Å². The van der Waals surface area contributed by atoms with E-state index >= 15 is 0 Å². The first-order valence-electron chi connectivity index (χ1n) is 7.56. The number of carbonyl (C=O) groups is 1. The molecule has 1 aromatic carbocycles. The van der Waals surface area contributed by atoms with Crippen LogP contribution in [0.5, 0.6) is 0 Å². The van der Waals surface area contributed by atoms with Crippen molar-refractivity contribution in [3.05, 3.63) is 41.2 Å². The van der Waals surface area contributed by atoms with Crippen LogP contribution in [0.25, 0.3) is 5.69 Å². The highest BCUT2D eigenvalue weighted by atomic mass is 35.5. The Hall–Kier alpha value is -2.20. The number of alkyl halides is 3. The Morgan fingerprint density at radius 1 is 1.31 bits per heavy atom. The minimum Gasteiger partial charge on any atom is -0.475 e. The predicted octanol–water partition coefficient (Wildman–Crippen LogP) is 3.16. The van der Waals surface area contributed by atoms with Crippen LogP contribution in [-0.4, -0.2) is 45.1 Å². The lowest BCUT2D eigenvalue weighted by molar-refractivity contribution is -0.192. The van der Waals surface area contributed by atoms with Crippen molar-refractivity contribution in [1.82, 2.24) is 20.1 Å². The number of carboxylic acids is 1. The molecule has 142 valence electrons. The van der Waals surface area contributed by atoms with Gasteiger partial charge in [0.15, 0.2) is 0 Å². The molecule has 2 heterocycles. The number of nitrogens with one attached hydrogen (secondary N) is 1. The van der Waals surface area contributed by atoms with Gasteiger partial charge in [-0.25, -0.2) is 18.9 Å². The fraction of sp³-hybridized carbons (Fsp3) is 0.400. The maximum Gasteiger partial charge on any atom is 0.490 e. The number of aliphatic carboxylic acids is 1. The first-order valence-corrected chi connectivity index (χ1v) is 7.94. The molecular formula is C15H15ClF4N4O2. The Labute approximate surface area is 150 Å². The summed E-state index contributed by atoms with van der Waals surface area (Å²) >= 11 is 5.82. The fourth-order valence-electron chi connectivity index (χ4n) is 2.42. The summed E-state index contributed by atoms with van der Waals surface area (Å²) in [5.41, 5.74) is 0.748. The molecule has 0 saturated carbocycles. The van der Waals surface area contributed by atoms with Crippen LogP contribution in [0.4, 0.5) is 17.6 Å². The van der Waals surface area contributed by atoms with E-state index in [-0.39, 0.29) is 5.02 Å². The fourth-order valence-corrected chi connectivity index (χ4v) is 2.60. The summed E-state index contributed by atoms with van der Waals surface area (Å²) in [6.45, 7) is 1.98. The van der Waals surface area contributed by atoms with E-state index in [9.17, 15) is 17.6 Å². The van der Waals surface area contributed by atoms with E-state index < -0.39 is 18.0 Å². The summed E-state index contributed by atoms with van der Waals surface area (Å²) < 4.78 is 46.7. The van der Waals surface area contributed by atoms with Crippen molar-refractivity contribution in [2.75, 3.05) is 13.1 Å². The molecule has 0 bridgehead atoms. The summed E-state index contributed by atoms with van der Waals surface area (Å²) in [5, 5.41) is 14.8. The highest BCUT2D eigenvalue weighted by Crippen LogP contribution is 2.26. The van der Waals surface area contributed by atoms with Crippen LogP contribution in [-0.2, 0) is 4.79 Å². The smallest absolute Gasteiger partial charge is 0.475 e. The number of rotatable bonds is 2. The van der Waals surface area contributed by atoms with E-state index in [1.54, 1.807) is 16.8 Å². The lowest BCUT2D eigenvalue weighted by Crippen LogP contribution is -2.28. The third kappa shape index (κ3) is 5.15. The molecule has 26 heavy (non-hydrogen) atoms. The number of aromatic nitrogens is 3. The molecule has 1 aliphatic heterocycles. The maximum absolute atomic E-state index is 13.2. The van der Waals surface area contributed by atoms with Gasteiger partial charge in [-0.1, -0.05) is 11.6 Å². The minimum absolute atomic E-state index is 0.101. The third-order valence-corrected chi connectivity index (χ3v) is 3.96. The van der Waals surface area contributed by atoms with Gasteiger partial charge < -0.3 is 10.4 Å². The first kappa shape index (κ1) is 20.1. The number of piperidine rings is 1. The predicted molar refractivity (Wildman–Crippen MR) is 84.9 cm³/mol.